The van der Waals surface area contributed by atoms with Crippen molar-refractivity contribution < 1.29 is 25.7 Å². The molecule has 0 saturated heterocycles. The van der Waals surface area contributed by atoms with Crippen molar-refractivity contribution in [3.05, 3.63) is 133 Å². The molecule has 6 rings (SSSR count). The van der Waals surface area contributed by atoms with Gasteiger partial charge in [-0.05, 0) is 43.8 Å². The Morgan fingerprint density at radius 2 is 1.37 bits per heavy atom. The van der Waals surface area contributed by atoms with Gasteiger partial charge in [-0.2, -0.15) is 5.10 Å². The molecule has 0 aliphatic heterocycles. The van der Waals surface area contributed by atoms with E-state index in [9.17, 15) is 0 Å². The number of aromatic amines is 1. The van der Waals surface area contributed by atoms with Gasteiger partial charge >= 0.3 is 21.1 Å². The third kappa shape index (κ3) is 5.00. The number of nitrogens with zero attached hydrogens (tertiary/aromatic N) is 5. The van der Waals surface area contributed by atoms with Crippen LogP contribution in [0.5, 0.6) is 0 Å². The van der Waals surface area contributed by atoms with Gasteiger partial charge < -0.3 is 9.97 Å². The van der Waals surface area contributed by atoms with Crippen molar-refractivity contribution in [3.63, 3.8) is 0 Å². The maximum Gasteiger partial charge on any atom is 2.00 e. The van der Waals surface area contributed by atoms with E-state index in [2.05, 4.69) is 31.1 Å². The number of pyridine rings is 2. The van der Waals surface area contributed by atoms with Crippen LogP contribution in [0.4, 0.5) is 0 Å². The smallest absolute Gasteiger partial charge is 0.345 e. The second kappa shape index (κ2) is 10.7. The van der Waals surface area contributed by atoms with E-state index in [4.69, 9.17) is 15.1 Å². The first kappa shape index (κ1) is 25.5. The third-order valence-electron chi connectivity index (χ3n) is 6.43. The summed E-state index contributed by atoms with van der Waals surface area (Å²) in [6, 6.07) is 38.7. The summed E-state index contributed by atoms with van der Waals surface area (Å²) < 4.78 is 3.75. The first-order valence-electron chi connectivity index (χ1n) is 12.1. The maximum absolute atomic E-state index is 5.00. The summed E-state index contributed by atoms with van der Waals surface area (Å²) in [5.41, 5.74) is 6.54. The van der Waals surface area contributed by atoms with E-state index < -0.39 is 5.41 Å². The Bertz CT molecular complexity index is 1530. The molecule has 6 nitrogen and oxygen atoms in total. The molecule has 7 heteroatoms. The van der Waals surface area contributed by atoms with Gasteiger partial charge in [0.25, 0.3) is 0 Å². The van der Waals surface area contributed by atoms with Gasteiger partial charge in [0.2, 0.25) is 5.69 Å². The standard InChI is InChI=1S/C31H24N6.Pt/c1-31(2,29-17-9-15-25(32-29)27-19-21-36(34-27)23-11-5-3-6-12-23)30-18-10-16-26(33-30)28-20-22-37(35-28)24-13-7-4-8-14-24;/h3-18,21-22H,1-2H3;/q-2;+2/p+1. The molecule has 0 unspecified atom stereocenters. The van der Waals surface area contributed by atoms with Gasteiger partial charge in [-0.25, -0.2) is 11.2 Å². The van der Waals surface area contributed by atoms with Crippen LogP contribution in [0.3, 0.4) is 0 Å². The average molecular weight is 677 g/mol. The first-order valence-corrected chi connectivity index (χ1v) is 12.1. The van der Waals surface area contributed by atoms with Crippen molar-refractivity contribution in [2.45, 2.75) is 19.3 Å². The molecule has 0 saturated carbocycles. The predicted molar refractivity (Wildman–Crippen MR) is 142 cm³/mol. The number of H-pyrrole nitrogens is 1. The van der Waals surface area contributed by atoms with Crippen LogP contribution in [-0.2, 0) is 26.5 Å². The van der Waals surface area contributed by atoms with E-state index in [0.29, 0.717) is 5.69 Å². The molecule has 0 bridgehead atoms. The molecule has 0 aliphatic rings. The number of nitrogens with one attached hydrogen (secondary N) is 1. The molecule has 2 aromatic carbocycles. The molecule has 38 heavy (non-hydrogen) atoms. The third-order valence-corrected chi connectivity index (χ3v) is 6.43. The van der Waals surface area contributed by atoms with E-state index in [1.165, 1.54) is 0 Å². The number of rotatable bonds is 6. The molecule has 4 heterocycles. The summed E-state index contributed by atoms with van der Waals surface area (Å²) in [5.74, 6) is 0. The Kier molecular flexibility index (Phi) is 7.17. The van der Waals surface area contributed by atoms with Crippen molar-refractivity contribution >= 4 is 0 Å². The fraction of sp³-hybridized carbons (Fsp3) is 0.0968. The summed E-state index contributed by atoms with van der Waals surface area (Å²) in [6.07, 6.45) is 3.73. The van der Waals surface area contributed by atoms with E-state index in [0.717, 1.165) is 39.8 Å². The Hall–Kier alpha value is -4.15. The Morgan fingerprint density at radius 3 is 2.08 bits per heavy atom. The van der Waals surface area contributed by atoms with Crippen LogP contribution in [0.1, 0.15) is 25.2 Å². The average Bonchev–Trinajstić information content (AvgIpc) is 3.65. The summed E-state index contributed by atoms with van der Waals surface area (Å²) in [6.45, 7) is 4.28. The minimum Gasteiger partial charge on any atom is -0.345 e. The van der Waals surface area contributed by atoms with Crippen molar-refractivity contribution in [1.82, 2.24) is 24.8 Å². The number of aromatic nitrogens is 6. The topological polar surface area (TPSA) is 63.3 Å². The zero-order valence-corrected chi connectivity index (χ0v) is 23.2. The minimum absolute atomic E-state index is 0. The summed E-state index contributed by atoms with van der Waals surface area (Å²) in [7, 11) is 0. The van der Waals surface area contributed by atoms with Crippen LogP contribution < -0.4 is 4.68 Å². The van der Waals surface area contributed by atoms with Gasteiger partial charge in [-0.3, -0.25) is 4.68 Å². The second-order valence-corrected chi connectivity index (χ2v) is 9.31. The molecule has 1 N–H and O–H groups in total. The van der Waals surface area contributed by atoms with Crippen molar-refractivity contribution in [2.24, 2.45) is 0 Å². The zero-order chi connectivity index (χ0) is 25.2. The van der Waals surface area contributed by atoms with E-state index >= 15 is 0 Å². The van der Waals surface area contributed by atoms with Gasteiger partial charge in [0.05, 0.1) is 5.69 Å². The number of benzene rings is 2. The zero-order valence-electron chi connectivity index (χ0n) is 20.9. The SMILES string of the molecule is CC(C)(c1cccc(-c2[c-]cn(-c3ccccc3)n2)n1)c1cccc(-c2[c-]c[n+](-c3ccccc3)[nH]2)n1.[Pt+2]. The fourth-order valence-corrected chi connectivity index (χ4v) is 4.27. The molecular formula is C31H25N6Pt+. The van der Waals surface area contributed by atoms with Crippen LogP contribution in [0.25, 0.3) is 34.2 Å². The summed E-state index contributed by atoms with van der Waals surface area (Å²) >= 11 is 0. The van der Waals surface area contributed by atoms with Crippen molar-refractivity contribution in [3.8, 4) is 34.2 Å². The van der Waals surface area contributed by atoms with Gasteiger partial charge in [0.1, 0.15) is 6.20 Å². The molecule has 0 radical (unpaired) electrons. The maximum atomic E-state index is 5.00. The molecule has 188 valence electrons. The van der Waals surface area contributed by atoms with Gasteiger partial charge in [-0.1, -0.05) is 71.8 Å². The summed E-state index contributed by atoms with van der Waals surface area (Å²) in [5, 5.41) is 8.08. The van der Waals surface area contributed by atoms with Crippen LogP contribution >= 0.6 is 0 Å². The molecule has 0 amide bonds. The first-order chi connectivity index (χ1) is 18.1. The number of hydrogen-bond acceptors (Lipinski definition) is 3. The normalized spacial score (nSPS) is 11.2. The monoisotopic (exact) mass is 676 g/mol. The minimum atomic E-state index is -0.435. The van der Waals surface area contributed by atoms with Crippen molar-refractivity contribution in [2.75, 3.05) is 0 Å². The predicted octanol–water partition coefficient (Wildman–Crippen LogP) is 5.52. The Balaban J connectivity index is 0.00000294. The summed E-state index contributed by atoms with van der Waals surface area (Å²) in [4.78, 5) is 9.98. The van der Waals surface area contributed by atoms with Crippen LogP contribution in [0.2, 0.25) is 0 Å². The second-order valence-electron chi connectivity index (χ2n) is 9.31. The number of para-hydroxylation sites is 2. The molecule has 0 fully saturated rings. The van der Waals surface area contributed by atoms with Crippen LogP contribution in [0.15, 0.2) is 109 Å². The van der Waals surface area contributed by atoms with Gasteiger partial charge in [-0.15, -0.1) is 22.9 Å². The molecule has 0 spiro atoms. The largest absolute Gasteiger partial charge is 2.00 e. The van der Waals surface area contributed by atoms with Crippen LogP contribution in [-0.4, -0.2) is 24.8 Å². The molecule has 0 aliphatic carbocycles. The molecular weight excluding hydrogens is 651 g/mol. The molecule has 6 aromatic rings. The number of hydrogen-bond donors (Lipinski definition) is 1. The van der Waals surface area contributed by atoms with Crippen molar-refractivity contribution in [1.29, 1.82) is 0 Å². The van der Waals surface area contributed by atoms with E-state index in [1.807, 2.05) is 119 Å². The Labute approximate surface area is 236 Å². The molecule has 0 atom stereocenters. The van der Waals surface area contributed by atoms with Gasteiger partial charge in [0.15, 0.2) is 0 Å². The fourth-order valence-electron chi connectivity index (χ4n) is 4.27. The van der Waals surface area contributed by atoms with E-state index in [1.54, 1.807) is 0 Å². The van der Waals surface area contributed by atoms with Crippen LogP contribution in [0, 0.1) is 12.1 Å². The molecule has 4 aromatic heterocycles. The Morgan fingerprint density at radius 1 is 0.737 bits per heavy atom. The van der Waals surface area contributed by atoms with Gasteiger partial charge in [0, 0.05) is 28.9 Å². The van der Waals surface area contributed by atoms with E-state index in [-0.39, 0.29) is 21.1 Å². The quantitative estimate of drug-likeness (QED) is 0.187.